The van der Waals surface area contributed by atoms with Crippen molar-refractivity contribution < 1.29 is 9.18 Å². The normalized spacial score (nSPS) is 24.7. The number of aromatic nitrogens is 2. The number of fused-ring (bicyclic) bond motifs is 1. The lowest BCUT2D eigenvalue weighted by atomic mass is 9.86. The molecule has 2 saturated heterocycles. The molecule has 0 N–H and O–H groups in total. The van der Waals surface area contributed by atoms with Gasteiger partial charge in [0.2, 0.25) is 5.91 Å². The number of piperidine rings is 1. The van der Waals surface area contributed by atoms with Crippen molar-refractivity contribution in [3.63, 3.8) is 0 Å². The number of carbonyl (C=O) groups is 1. The number of benzene rings is 1. The Bertz CT molecular complexity index is 852. The number of hydrogen-bond acceptors (Lipinski definition) is 4. The van der Waals surface area contributed by atoms with Crippen LogP contribution < -0.4 is 0 Å². The summed E-state index contributed by atoms with van der Waals surface area (Å²) in [7, 11) is 0. The molecule has 154 valence electrons. The molecule has 0 radical (unpaired) electrons. The van der Waals surface area contributed by atoms with Crippen molar-refractivity contribution in [1.82, 2.24) is 19.8 Å². The summed E-state index contributed by atoms with van der Waals surface area (Å²) in [4.78, 5) is 25.9. The van der Waals surface area contributed by atoms with Gasteiger partial charge < -0.3 is 4.90 Å². The van der Waals surface area contributed by atoms with Gasteiger partial charge in [-0.1, -0.05) is 26.0 Å². The molecule has 0 unspecified atom stereocenters. The first-order chi connectivity index (χ1) is 13.9. The highest BCUT2D eigenvalue weighted by Gasteiger charge is 2.47. The number of hydrogen-bond donors (Lipinski definition) is 0. The number of rotatable bonds is 4. The van der Waals surface area contributed by atoms with Gasteiger partial charge in [-0.2, -0.15) is 0 Å². The lowest BCUT2D eigenvalue weighted by Gasteiger charge is -2.41. The van der Waals surface area contributed by atoms with Crippen LogP contribution in [0.2, 0.25) is 0 Å². The van der Waals surface area contributed by atoms with E-state index < -0.39 is 0 Å². The Balaban J connectivity index is 1.61. The maximum atomic E-state index is 13.5. The van der Waals surface area contributed by atoms with Crippen LogP contribution in [0, 0.1) is 5.82 Å². The van der Waals surface area contributed by atoms with Crippen LogP contribution in [0.1, 0.15) is 62.4 Å². The smallest absolute Gasteiger partial charge is 0.219 e. The number of likely N-dealkylation sites (tertiary alicyclic amines) is 2. The van der Waals surface area contributed by atoms with Crippen molar-refractivity contribution in [2.24, 2.45) is 0 Å². The van der Waals surface area contributed by atoms with Crippen molar-refractivity contribution in [1.29, 1.82) is 0 Å². The average Bonchev–Trinajstić information content (AvgIpc) is 3.07. The van der Waals surface area contributed by atoms with Crippen LogP contribution >= 0.6 is 0 Å². The summed E-state index contributed by atoms with van der Waals surface area (Å²) in [6.07, 6.45) is 5.93. The second kappa shape index (κ2) is 8.19. The van der Waals surface area contributed by atoms with Crippen LogP contribution in [0.4, 0.5) is 4.39 Å². The summed E-state index contributed by atoms with van der Waals surface area (Å²) in [5.41, 5.74) is 2.19. The zero-order valence-electron chi connectivity index (χ0n) is 17.4. The molecule has 29 heavy (non-hydrogen) atoms. The van der Waals surface area contributed by atoms with E-state index in [9.17, 15) is 9.18 Å². The third kappa shape index (κ3) is 4.04. The molecule has 0 aliphatic carbocycles. The molecule has 2 aliphatic heterocycles. The SMILES string of the molecule is CC(=O)N1CCC[C@@H]2[C@H]1[C@@H](c1ccc(F)cc1)CN2Cc1cnc(C(C)C)nc1. The number of amides is 1. The highest BCUT2D eigenvalue weighted by Crippen LogP contribution is 2.40. The monoisotopic (exact) mass is 396 g/mol. The molecule has 0 bridgehead atoms. The van der Waals surface area contributed by atoms with E-state index in [1.807, 2.05) is 29.4 Å². The zero-order chi connectivity index (χ0) is 20.5. The van der Waals surface area contributed by atoms with Crippen molar-refractivity contribution >= 4 is 5.91 Å². The minimum atomic E-state index is -0.227. The van der Waals surface area contributed by atoms with Gasteiger partial charge in [-0.05, 0) is 30.5 Å². The Kier molecular flexibility index (Phi) is 5.63. The molecule has 0 saturated carbocycles. The summed E-state index contributed by atoms with van der Waals surface area (Å²) in [5, 5.41) is 0. The topological polar surface area (TPSA) is 49.3 Å². The third-order valence-corrected chi connectivity index (χ3v) is 6.30. The van der Waals surface area contributed by atoms with E-state index in [0.29, 0.717) is 12.0 Å². The van der Waals surface area contributed by atoms with Crippen molar-refractivity contribution in [3.8, 4) is 0 Å². The van der Waals surface area contributed by atoms with Gasteiger partial charge in [0.05, 0.1) is 6.04 Å². The highest BCUT2D eigenvalue weighted by atomic mass is 19.1. The molecule has 2 aliphatic rings. The molecule has 2 fully saturated rings. The van der Waals surface area contributed by atoms with Crippen LogP contribution in [0.25, 0.3) is 0 Å². The molecule has 1 aromatic carbocycles. The lowest BCUT2D eigenvalue weighted by molar-refractivity contribution is -0.133. The Morgan fingerprint density at radius 3 is 2.52 bits per heavy atom. The second-order valence-corrected chi connectivity index (χ2v) is 8.60. The molecule has 0 spiro atoms. The van der Waals surface area contributed by atoms with Crippen LogP contribution in [0.3, 0.4) is 0 Å². The third-order valence-electron chi connectivity index (χ3n) is 6.30. The van der Waals surface area contributed by atoms with Gasteiger partial charge >= 0.3 is 0 Å². The number of nitrogens with zero attached hydrogens (tertiary/aromatic N) is 4. The average molecular weight is 397 g/mol. The van der Waals surface area contributed by atoms with E-state index >= 15 is 0 Å². The predicted octanol–water partition coefficient (Wildman–Crippen LogP) is 3.72. The number of carbonyl (C=O) groups excluding carboxylic acids is 1. The molecule has 1 amide bonds. The van der Waals surface area contributed by atoms with Crippen LogP contribution in [0.5, 0.6) is 0 Å². The van der Waals surface area contributed by atoms with Gasteiger partial charge in [0.15, 0.2) is 0 Å². The lowest BCUT2D eigenvalue weighted by Crippen LogP contribution is -2.52. The summed E-state index contributed by atoms with van der Waals surface area (Å²) in [6.45, 7) is 8.25. The van der Waals surface area contributed by atoms with E-state index in [1.165, 1.54) is 12.1 Å². The Labute approximate surface area is 172 Å². The quantitative estimate of drug-likeness (QED) is 0.790. The summed E-state index contributed by atoms with van der Waals surface area (Å²) in [6, 6.07) is 7.20. The Hall–Kier alpha value is -2.34. The summed E-state index contributed by atoms with van der Waals surface area (Å²) in [5.74, 6) is 1.25. The van der Waals surface area contributed by atoms with Crippen molar-refractivity contribution in [3.05, 3.63) is 59.4 Å². The van der Waals surface area contributed by atoms with E-state index in [1.54, 1.807) is 6.92 Å². The van der Waals surface area contributed by atoms with Crippen LogP contribution in [-0.4, -0.2) is 50.8 Å². The van der Waals surface area contributed by atoms with E-state index in [0.717, 1.165) is 49.4 Å². The molecule has 3 atom stereocenters. The molecule has 6 heteroatoms. The fourth-order valence-electron chi connectivity index (χ4n) is 4.92. The number of halogens is 1. The van der Waals surface area contributed by atoms with E-state index in [2.05, 4.69) is 28.7 Å². The van der Waals surface area contributed by atoms with Gasteiger partial charge in [-0.3, -0.25) is 9.69 Å². The molecule has 1 aromatic heterocycles. The van der Waals surface area contributed by atoms with E-state index in [4.69, 9.17) is 0 Å². The highest BCUT2D eigenvalue weighted by molar-refractivity contribution is 5.74. The zero-order valence-corrected chi connectivity index (χ0v) is 17.4. The van der Waals surface area contributed by atoms with Gasteiger partial charge in [0.1, 0.15) is 11.6 Å². The maximum Gasteiger partial charge on any atom is 0.219 e. The van der Waals surface area contributed by atoms with Crippen LogP contribution in [0.15, 0.2) is 36.7 Å². The minimum Gasteiger partial charge on any atom is -0.338 e. The molecule has 2 aromatic rings. The Morgan fingerprint density at radius 2 is 1.90 bits per heavy atom. The molecule has 4 rings (SSSR count). The molecular weight excluding hydrogens is 367 g/mol. The van der Waals surface area contributed by atoms with Gasteiger partial charge in [-0.15, -0.1) is 0 Å². The second-order valence-electron chi connectivity index (χ2n) is 8.60. The first-order valence-electron chi connectivity index (χ1n) is 10.5. The van der Waals surface area contributed by atoms with Gasteiger partial charge in [0.25, 0.3) is 0 Å². The first kappa shape index (κ1) is 20.0. The maximum absolute atomic E-state index is 13.5. The Morgan fingerprint density at radius 1 is 1.21 bits per heavy atom. The fraction of sp³-hybridized carbons (Fsp3) is 0.522. The first-order valence-corrected chi connectivity index (χ1v) is 10.5. The minimum absolute atomic E-state index is 0.123. The van der Waals surface area contributed by atoms with Gasteiger partial charge in [-0.25, -0.2) is 14.4 Å². The molecule has 5 nitrogen and oxygen atoms in total. The predicted molar refractivity (Wildman–Crippen MR) is 110 cm³/mol. The standard InChI is InChI=1S/C23H29FN4O/c1-15(2)23-25-11-17(12-26-23)13-27-14-20(18-6-8-19(24)9-7-18)22-21(27)5-4-10-28(22)16(3)29/h6-9,11-12,15,20-22H,4-5,10,13-14H2,1-3H3/t20-,21-,22-/m1/s1. The fourth-order valence-corrected chi connectivity index (χ4v) is 4.92. The van der Waals surface area contributed by atoms with Crippen molar-refractivity contribution in [2.45, 2.75) is 64.1 Å². The largest absolute Gasteiger partial charge is 0.338 e. The molecular formula is C23H29FN4O. The molecule has 3 heterocycles. The van der Waals surface area contributed by atoms with Crippen LogP contribution in [-0.2, 0) is 11.3 Å². The van der Waals surface area contributed by atoms with Crippen molar-refractivity contribution in [2.75, 3.05) is 13.1 Å². The summed E-state index contributed by atoms with van der Waals surface area (Å²) >= 11 is 0. The summed E-state index contributed by atoms with van der Waals surface area (Å²) < 4.78 is 13.5. The van der Waals surface area contributed by atoms with Gasteiger partial charge in [0, 0.05) is 62.4 Å². The van der Waals surface area contributed by atoms with E-state index in [-0.39, 0.29) is 23.7 Å².